The van der Waals surface area contributed by atoms with Crippen molar-refractivity contribution in [2.75, 3.05) is 0 Å². The Morgan fingerprint density at radius 2 is 1.56 bits per heavy atom. The van der Waals surface area contributed by atoms with Crippen LogP contribution < -0.4 is 39.6 Å². The second kappa shape index (κ2) is 13.3. The topological polar surface area (TPSA) is 88.0 Å². The number of nitrogens with zero attached hydrogens (tertiary/aromatic N) is 1. The molecule has 0 aromatic heterocycles. The summed E-state index contributed by atoms with van der Waals surface area (Å²) in [5.74, 6) is -1.33. The Bertz CT molecular complexity index is 1240. The predicted octanol–water partition coefficient (Wildman–Crippen LogP) is 3.04. The minimum atomic E-state index is -4.72. The van der Waals surface area contributed by atoms with E-state index in [-0.39, 0.29) is 41.2 Å². The number of thioether (sulfide) groups is 1. The van der Waals surface area contributed by atoms with Gasteiger partial charge in [0.2, 0.25) is 0 Å². The number of benzene rings is 3. The van der Waals surface area contributed by atoms with Gasteiger partial charge in [-0.15, -0.1) is 25.3 Å². The molecule has 0 bridgehead atoms. The molecule has 6 nitrogen and oxygen atoms in total. The van der Waals surface area contributed by atoms with Crippen LogP contribution in [0.1, 0.15) is 12.5 Å². The third kappa shape index (κ3) is 9.54. The van der Waals surface area contributed by atoms with Crippen molar-refractivity contribution in [2.24, 2.45) is 4.99 Å². The Morgan fingerprint density at radius 1 is 1.03 bits per heavy atom. The average molecular weight is 522 g/mol. The Balaban J connectivity index is 0.000000850. The number of amidine groups is 1. The van der Waals surface area contributed by atoms with Crippen LogP contribution in [-0.4, -0.2) is 28.5 Å². The summed E-state index contributed by atoms with van der Waals surface area (Å²) in [7, 11) is 0. The molecule has 4 rings (SSSR count). The number of halogens is 3. The van der Waals surface area contributed by atoms with E-state index in [1.807, 2.05) is 24.3 Å². The van der Waals surface area contributed by atoms with Gasteiger partial charge in [-0.2, -0.15) is 18.2 Å². The maximum atomic E-state index is 12.3. The fourth-order valence-corrected chi connectivity index (χ4v) is 3.66. The number of carbonyl (C=O) groups excluding carboxylic acids is 1. The third-order valence-corrected chi connectivity index (χ3v) is 5.12. The molecule has 0 radical (unpaired) electrons. The molecule has 0 atom stereocenters. The largest absolute Gasteiger partial charge is 1.00 e. The van der Waals surface area contributed by atoms with Crippen molar-refractivity contribution < 1.29 is 62.2 Å². The Hall–Kier alpha value is -3.05. The number of carbonyl (C=O) groups is 2. The summed E-state index contributed by atoms with van der Waals surface area (Å²) < 4.78 is 40.7. The summed E-state index contributed by atoms with van der Waals surface area (Å²) in [6.45, 7) is 1.08. The molecular weight excluding hydrogens is 504 g/mol. The van der Waals surface area contributed by atoms with Crippen molar-refractivity contribution in [3.8, 4) is 16.9 Å². The smallest absolute Gasteiger partial charge is 0.481 e. The Labute approximate surface area is 231 Å². The number of nitrogens with one attached hydrogen (secondary N) is 1. The predicted molar refractivity (Wildman–Crippen MR) is 128 cm³/mol. The van der Waals surface area contributed by atoms with E-state index in [9.17, 15) is 18.0 Å². The quantitative estimate of drug-likeness (QED) is 0.313. The molecule has 1 fully saturated rings. The fourth-order valence-electron chi connectivity index (χ4n) is 2.82. The van der Waals surface area contributed by atoms with Crippen LogP contribution in [0.15, 0.2) is 82.7 Å². The summed E-state index contributed by atoms with van der Waals surface area (Å²) in [6.07, 6.45) is -2.96. The van der Waals surface area contributed by atoms with Crippen LogP contribution in [0.3, 0.4) is 0 Å². The van der Waals surface area contributed by atoms with Gasteiger partial charge < -0.3 is 15.2 Å². The van der Waals surface area contributed by atoms with Crippen LogP contribution >= 0.6 is 11.8 Å². The number of hydrogen-bond acceptors (Lipinski definition) is 5. The van der Waals surface area contributed by atoms with Gasteiger partial charge in [-0.1, -0.05) is 36.4 Å². The van der Waals surface area contributed by atoms with Gasteiger partial charge in [0, 0.05) is 6.92 Å². The van der Waals surface area contributed by atoms with Gasteiger partial charge >= 0.3 is 35.9 Å². The van der Waals surface area contributed by atoms with Crippen molar-refractivity contribution >= 4 is 40.6 Å². The second-order valence-corrected chi connectivity index (χ2v) is 7.98. The van der Waals surface area contributed by atoms with E-state index in [4.69, 9.17) is 9.90 Å². The zero-order valence-electron chi connectivity index (χ0n) is 19.2. The number of amides is 1. The monoisotopic (exact) mass is 522 g/mol. The number of alkyl halides is 3. The first kappa shape index (κ1) is 29.2. The molecule has 3 aromatic carbocycles. The Morgan fingerprint density at radius 3 is 2.08 bits per heavy atom. The Kier molecular flexibility index (Phi) is 10.8. The van der Waals surface area contributed by atoms with E-state index in [0.29, 0.717) is 10.1 Å². The maximum absolute atomic E-state index is 12.3. The minimum absolute atomic E-state index is 0. The number of aliphatic carboxylic acids is 1. The first-order valence-corrected chi connectivity index (χ1v) is 10.8. The van der Waals surface area contributed by atoms with Crippen LogP contribution in [0.5, 0.6) is 5.75 Å². The average Bonchev–Trinajstić information content (AvgIpc) is 3.12. The van der Waals surface area contributed by atoms with E-state index in [1.54, 1.807) is 42.5 Å². The molecule has 1 aliphatic rings. The van der Waals surface area contributed by atoms with Crippen molar-refractivity contribution in [3.63, 3.8) is 0 Å². The van der Waals surface area contributed by atoms with E-state index in [2.05, 4.69) is 21.1 Å². The molecule has 0 spiro atoms. The van der Waals surface area contributed by atoms with Crippen LogP contribution in [0.2, 0.25) is 0 Å². The number of carboxylic acid groups (broad SMARTS) is 1. The standard InChI is InChI=1S/C23H14F3N2O2S.C2H4O2.Na/c24-23(25,26)30-19-12-10-17(11-13-19)16-8-6-15(7-9-16)14-20-21(29)28-22(31-20)27-18-4-2-1-3-5-18;1-2(3)4;/h2-14H,(H,27,28,29);1H3,(H,3,4);/q-1;;+1. The van der Waals surface area contributed by atoms with E-state index in [1.165, 1.54) is 23.9 Å². The molecule has 1 heterocycles. The van der Waals surface area contributed by atoms with Crippen molar-refractivity contribution in [1.82, 2.24) is 5.32 Å². The number of carboxylic acids is 1. The van der Waals surface area contributed by atoms with Crippen LogP contribution in [0.4, 0.5) is 18.9 Å². The maximum Gasteiger partial charge on any atom is 1.00 e. The first-order chi connectivity index (χ1) is 16.6. The molecule has 1 amide bonds. The van der Waals surface area contributed by atoms with Gasteiger partial charge in [-0.25, -0.2) is 0 Å². The zero-order chi connectivity index (χ0) is 25.4. The van der Waals surface area contributed by atoms with Gasteiger partial charge in [-0.05, 0) is 52.3 Å². The second-order valence-electron chi connectivity index (χ2n) is 6.95. The van der Waals surface area contributed by atoms with Crippen molar-refractivity contribution in [3.05, 3.63) is 89.3 Å². The summed E-state index contributed by atoms with van der Waals surface area (Å²) in [5, 5.41) is 10.7. The third-order valence-electron chi connectivity index (χ3n) is 4.21. The van der Waals surface area contributed by atoms with E-state index < -0.39 is 12.3 Å². The van der Waals surface area contributed by atoms with Crippen LogP contribution in [-0.2, 0) is 9.59 Å². The van der Waals surface area contributed by atoms with Crippen LogP contribution in [0.25, 0.3) is 17.2 Å². The van der Waals surface area contributed by atoms with Gasteiger partial charge in [-0.3, -0.25) is 14.6 Å². The SMILES string of the molecule is CC(=O)O.O=C1NC(=Nc2cc[c-]cc2)SC1=Cc1ccc(-c2ccc(OC(F)(F)F)cc2)cc1.[Na+]. The van der Waals surface area contributed by atoms with Gasteiger partial charge in [0.25, 0.3) is 11.9 Å². The van der Waals surface area contributed by atoms with Gasteiger partial charge in [0.1, 0.15) is 5.75 Å². The summed E-state index contributed by atoms with van der Waals surface area (Å²) >= 11 is 1.25. The molecule has 1 saturated heterocycles. The number of ether oxygens (including phenoxy) is 1. The normalized spacial score (nSPS) is 14.9. The summed E-state index contributed by atoms with van der Waals surface area (Å²) in [6, 6.07) is 23.0. The van der Waals surface area contributed by atoms with E-state index in [0.717, 1.165) is 29.3 Å². The molecule has 36 heavy (non-hydrogen) atoms. The van der Waals surface area contributed by atoms with Crippen molar-refractivity contribution in [2.45, 2.75) is 13.3 Å². The minimum Gasteiger partial charge on any atom is -0.481 e. The molecule has 3 aromatic rings. The van der Waals surface area contributed by atoms with Gasteiger partial charge in [0.05, 0.1) is 4.91 Å². The molecule has 0 saturated carbocycles. The molecule has 1 aliphatic heterocycles. The van der Waals surface area contributed by atoms with Crippen LogP contribution in [0, 0.1) is 6.07 Å². The molecule has 11 heteroatoms. The summed E-state index contributed by atoms with van der Waals surface area (Å²) in [4.78, 5) is 26.1. The zero-order valence-corrected chi connectivity index (χ0v) is 22.0. The number of aliphatic imine (C=N–C) groups is 1. The molecule has 0 unspecified atom stereocenters. The molecule has 2 N–H and O–H groups in total. The number of hydrogen-bond donors (Lipinski definition) is 2. The summed E-state index contributed by atoms with van der Waals surface area (Å²) in [5.41, 5.74) is 3.11. The molecule has 180 valence electrons. The van der Waals surface area contributed by atoms with Crippen molar-refractivity contribution in [1.29, 1.82) is 0 Å². The van der Waals surface area contributed by atoms with E-state index >= 15 is 0 Å². The first-order valence-electron chi connectivity index (χ1n) is 10.0. The number of rotatable bonds is 4. The molecule has 0 aliphatic carbocycles. The van der Waals surface area contributed by atoms with Gasteiger partial charge in [0.15, 0.2) is 5.17 Å². The molecular formula is C25H18F3N2NaO4S. The fraction of sp³-hybridized carbons (Fsp3) is 0.0800.